The van der Waals surface area contributed by atoms with Crippen molar-refractivity contribution in [3.8, 4) is 11.1 Å². The summed E-state index contributed by atoms with van der Waals surface area (Å²) in [6.45, 7) is 0. The molecule has 0 aliphatic heterocycles. The maximum Gasteiger partial charge on any atom is 0.394 e. The Morgan fingerprint density at radius 3 is 2.55 bits per heavy atom. The Morgan fingerprint density at radius 1 is 1.14 bits per heavy atom. The third-order valence-corrected chi connectivity index (χ3v) is 6.15. The Balaban J connectivity index is 1.67. The quantitative estimate of drug-likeness (QED) is 0.441. The molecule has 3 heterocycles. The van der Waals surface area contributed by atoms with Gasteiger partial charge in [-0.1, -0.05) is 0 Å². The highest BCUT2D eigenvalue weighted by molar-refractivity contribution is 9.10. The van der Waals surface area contributed by atoms with E-state index in [2.05, 4.69) is 36.1 Å². The van der Waals surface area contributed by atoms with Gasteiger partial charge in [-0.3, -0.25) is 10.1 Å². The number of fused-ring (bicyclic) bond motifs is 1. The van der Waals surface area contributed by atoms with Crippen LogP contribution < -0.4 is 0 Å². The van der Waals surface area contributed by atoms with Gasteiger partial charge in [-0.2, -0.15) is 18.3 Å². The Bertz CT molecular complexity index is 1010. The van der Waals surface area contributed by atoms with Crippen LogP contribution in [0.5, 0.6) is 0 Å². The van der Waals surface area contributed by atoms with E-state index in [1.165, 1.54) is 6.20 Å². The van der Waals surface area contributed by atoms with Gasteiger partial charge in [-0.05, 0) is 46.7 Å². The Kier molecular flexibility index (Phi) is 5.16. The summed E-state index contributed by atoms with van der Waals surface area (Å²) in [7, 11) is 0. The number of aromatic nitrogens is 4. The highest BCUT2D eigenvalue weighted by Gasteiger charge is 2.35. The largest absolute Gasteiger partial charge is 0.394 e. The minimum absolute atomic E-state index is 0.0285. The topological polar surface area (TPSA) is 57.4 Å². The van der Waals surface area contributed by atoms with E-state index in [1.807, 2.05) is 0 Å². The fourth-order valence-electron chi connectivity index (χ4n) is 3.98. The number of alkyl halides is 5. The van der Waals surface area contributed by atoms with Crippen LogP contribution in [0.4, 0.5) is 22.0 Å². The predicted octanol–water partition coefficient (Wildman–Crippen LogP) is 6.19. The van der Waals surface area contributed by atoms with Gasteiger partial charge < -0.3 is 4.98 Å². The minimum Gasteiger partial charge on any atom is -0.359 e. The van der Waals surface area contributed by atoms with Gasteiger partial charge in [-0.15, -0.1) is 0 Å². The maximum atomic E-state index is 13.5. The molecule has 0 bridgehead atoms. The Labute approximate surface area is 171 Å². The zero-order chi connectivity index (χ0) is 20.8. The molecular formula is C19H18BrF5N4. The van der Waals surface area contributed by atoms with Crippen molar-refractivity contribution in [2.24, 2.45) is 5.92 Å². The van der Waals surface area contributed by atoms with Gasteiger partial charge in [0.25, 0.3) is 0 Å². The number of pyridine rings is 1. The summed E-state index contributed by atoms with van der Waals surface area (Å²) in [5.41, 5.74) is 2.97. The van der Waals surface area contributed by atoms with E-state index in [-0.39, 0.29) is 24.5 Å². The van der Waals surface area contributed by atoms with Crippen LogP contribution in [0, 0.1) is 5.92 Å². The van der Waals surface area contributed by atoms with Gasteiger partial charge in [0, 0.05) is 40.8 Å². The number of H-pyrrole nitrogens is 2. The van der Waals surface area contributed by atoms with Gasteiger partial charge in [0.1, 0.15) is 0 Å². The molecule has 0 aromatic carbocycles. The standard InChI is InChI=1S/C19H18BrF5N4/c20-14-9-27-17-13(12-8-28-29-15(12)6-19(23,24)25)7-26-16(17)11(14)5-10-1-3-18(21,22)4-2-10/h7-10,26H,1-6H2,(H,28,29). The molecule has 29 heavy (non-hydrogen) atoms. The average molecular weight is 477 g/mol. The van der Waals surface area contributed by atoms with E-state index in [0.717, 1.165) is 10.0 Å². The van der Waals surface area contributed by atoms with Crippen LogP contribution in [0.1, 0.15) is 36.9 Å². The number of hydrogen-bond acceptors (Lipinski definition) is 2. The predicted molar refractivity (Wildman–Crippen MR) is 102 cm³/mol. The molecule has 0 saturated heterocycles. The van der Waals surface area contributed by atoms with Gasteiger partial charge in [-0.25, -0.2) is 8.78 Å². The lowest BCUT2D eigenvalue weighted by atomic mass is 9.83. The molecule has 4 nitrogen and oxygen atoms in total. The first-order valence-electron chi connectivity index (χ1n) is 9.24. The van der Waals surface area contributed by atoms with Crippen LogP contribution in [0.2, 0.25) is 0 Å². The second-order valence-corrected chi connectivity index (χ2v) is 8.42. The minimum atomic E-state index is -4.36. The molecule has 3 aromatic heterocycles. The number of aromatic amines is 2. The molecule has 2 N–H and O–H groups in total. The smallest absolute Gasteiger partial charge is 0.359 e. The van der Waals surface area contributed by atoms with Crippen LogP contribution >= 0.6 is 15.9 Å². The molecule has 3 aromatic rings. The van der Waals surface area contributed by atoms with Crippen molar-refractivity contribution in [2.75, 3.05) is 0 Å². The van der Waals surface area contributed by atoms with E-state index in [1.54, 1.807) is 12.4 Å². The van der Waals surface area contributed by atoms with Crippen LogP contribution in [-0.2, 0) is 12.8 Å². The molecule has 156 valence electrons. The first-order valence-corrected chi connectivity index (χ1v) is 10.0. The molecule has 0 atom stereocenters. The first-order chi connectivity index (χ1) is 13.6. The van der Waals surface area contributed by atoms with Gasteiger partial charge in [0.05, 0.1) is 29.3 Å². The highest BCUT2D eigenvalue weighted by atomic mass is 79.9. The Hall–Kier alpha value is -1.97. The number of nitrogens with zero attached hydrogens (tertiary/aromatic N) is 2. The zero-order valence-electron chi connectivity index (χ0n) is 15.2. The maximum absolute atomic E-state index is 13.5. The van der Waals surface area contributed by atoms with Crippen LogP contribution in [0.15, 0.2) is 23.1 Å². The lowest BCUT2D eigenvalue weighted by molar-refractivity contribution is -0.127. The van der Waals surface area contributed by atoms with Crippen molar-refractivity contribution < 1.29 is 22.0 Å². The SMILES string of the molecule is FC(F)(F)Cc1[nH]ncc1-c1c[nH]c2c(CC3CCC(F)(F)CC3)c(Br)cnc12. The fourth-order valence-corrected chi connectivity index (χ4v) is 4.44. The monoisotopic (exact) mass is 476 g/mol. The van der Waals surface area contributed by atoms with Crippen LogP contribution in [0.3, 0.4) is 0 Å². The number of halogens is 6. The van der Waals surface area contributed by atoms with Crippen LogP contribution in [0.25, 0.3) is 22.2 Å². The van der Waals surface area contributed by atoms with Crippen molar-refractivity contribution in [3.63, 3.8) is 0 Å². The Morgan fingerprint density at radius 2 is 1.86 bits per heavy atom. The van der Waals surface area contributed by atoms with E-state index in [4.69, 9.17) is 0 Å². The number of nitrogens with one attached hydrogen (secondary N) is 2. The lowest BCUT2D eigenvalue weighted by Gasteiger charge is -2.28. The molecule has 1 saturated carbocycles. The number of hydrogen-bond donors (Lipinski definition) is 2. The van der Waals surface area contributed by atoms with E-state index in [9.17, 15) is 22.0 Å². The summed E-state index contributed by atoms with van der Waals surface area (Å²) in [6, 6.07) is 0. The van der Waals surface area contributed by atoms with Gasteiger partial charge in [0.2, 0.25) is 5.92 Å². The van der Waals surface area contributed by atoms with E-state index < -0.39 is 18.5 Å². The summed E-state index contributed by atoms with van der Waals surface area (Å²) in [6.07, 6.45) is 0.343. The molecule has 0 amide bonds. The van der Waals surface area contributed by atoms with Crippen LogP contribution in [-0.4, -0.2) is 32.3 Å². The molecule has 1 aliphatic carbocycles. The fraction of sp³-hybridized carbons (Fsp3) is 0.474. The molecule has 10 heteroatoms. The summed E-state index contributed by atoms with van der Waals surface area (Å²) in [5, 5.41) is 6.19. The third-order valence-electron chi connectivity index (χ3n) is 5.46. The van der Waals surface area contributed by atoms with Gasteiger partial charge >= 0.3 is 6.18 Å². The van der Waals surface area contributed by atoms with Gasteiger partial charge in [0.15, 0.2) is 0 Å². The molecule has 1 fully saturated rings. The van der Waals surface area contributed by atoms with Crippen molar-refractivity contribution >= 4 is 27.0 Å². The second kappa shape index (κ2) is 7.37. The summed E-state index contributed by atoms with van der Waals surface area (Å²) in [4.78, 5) is 7.51. The summed E-state index contributed by atoms with van der Waals surface area (Å²) in [5.74, 6) is -2.46. The third kappa shape index (κ3) is 4.31. The molecule has 0 unspecified atom stereocenters. The van der Waals surface area contributed by atoms with Crippen molar-refractivity contribution in [2.45, 2.75) is 50.6 Å². The molecular weight excluding hydrogens is 459 g/mol. The van der Waals surface area contributed by atoms with Crippen molar-refractivity contribution in [1.29, 1.82) is 0 Å². The summed E-state index contributed by atoms with van der Waals surface area (Å²) < 4.78 is 66.2. The van der Waals surface area contributed by atoms with E-state index in [0.29, 0.717) is 41.4 Å². The average Bonchev–Trinajstić information content (AvgIpc) is 3.23. The molecule has 0 spiro atoms. The molecule has 4 rings (SSSR count). The summed E-state index contributed by atoms with van der Waals surface area (Å²) >= 11 is 3.48. The normalized spacial score (nSPS) is 17.9. The van der Waals surface area contributed by atoms with Crippen molar-refractivity contribution in [3.05, 3.63) is 34.3 Å². The molecule has 0 radical (unpaired) electrons. The highest BCUT2D eigenvalue weighted by Crippen LogP contribution is 2.40. The number of rotatable bonds is 4. The lowest BCUT2D eigenvalue weighted by Crippen LogP contribution is -2.25. The molecule has 1 aliphatic rings. The zero-order valence-corrected chi connectivity index (χ0v) is 16.8. The van der Waals surface area contributed by atoms with Crippen molar-refractivity contribution in [1.82, 2.24) is 20.2 Å². The second-order valence-electron chi connectivity index (χ2n) is 7.57. The van der Waals surface area contributed by atoms with E-state index >= 15 is 0 Å². The first kappa shape index (κ1) is 20.3.